The lowest BCUT2D eigenvalue weighted by atomic mass is 10.2. The lowest BCUT2D eigenvalue weighted by Gasteiger charge is -2.39. The van der Waals surface area contributed by atoms with E-state index in [-0.39, 0.29) is 5.57 Å². The van der Waals surface area contributed by atoms with Crippen LogP contribution in [0.1, 0.15) is 47.1 Å². The highest BCUT2D eigenvalue weighted by atomic mass is 31.2. The molecule has 0 spiro atoms. The van der Waals surface area contributed by atoms with Gasteiger partial charge in [0.15, 0.2) is 0 Å². The topological polar surface area (TPSA) is 68.9 Å². The van der Waals surface area contributed by atoms with Crippen LogP contribution in [0.15, 0.2) is 29.8 Å². The van der Waals surface area contributed by atoms with Crippen molar-refractivity contribution in [3.63, 3.8) is 0 Å². The average Bonchev–Trinajstić information content (AvgIpc) is 2.61. The standard InChI is InChI=1S/C22H33N2O3P/c1-15(2)28(16(3)4,17(5)6)14-19(13-23)21(25)24(22(26)27-8)20-11-9-10-18(7)12-20/h9-12,15-17H,14H2,1-8H3. The summed E-state index contributed by atoms with van der Waals surface area (Å²) in [6, 6.07) is 7.06. The van der Waals surface area contributed by atoms with Crippen molar-refractivity contribution in [3.8, 4) is 0 Å². The third-order valence-electron chi connectivity index (χ3n) is 5.53. The number of rotatable bonds is 7. The van der Waals surface area contributed by atoms with E-state index in [9.17, 15) is 15.0 Å². The van der Waals surface area contributed by atoms with Crippen LogP contribution >= 0.6 is 7.26 Å². The maximum absolute atomic E-state index is 13.3. The van der Waals surface area contributed by atoms with Crippen molar-refractivity contribution in [2.75, 3.05) is 18.2 Å². The molecule has 0 aromatic heterocycles. The van der Waals surface area contributed by atoms with Gasteiger partial charge in [0.1, 0.15) is 0 Å². The molecule has 0 aliphatic heterocycles. The first-order chi connectivity index (χ1) is 13.0. The second kappa shape index (κ2) is 10.0. The van der Waals surface area contributed by atoms with Crippen LogP contribution in [0.5, 0.6) is 0 Å². The van der Waals surface area contributed by atoms with Gasteiger partial charge in [-0.1, -0.05) is 12.1 Å². The maximum atomic E-state index is 13.3. The van der Waals surface area contributed by atoms with Gasteiger partial charge in [0.25, 0.3) is 5.91 Å². The average molecular weight is 404 g/mol. The van der Waals surface area contributed by atoms with Crippen molar-refractivity contribution in [2.24, 2.45) is 0 Å². The molecule has 0 atom stereocenters. The Labute approximate surface area is 170 Å². The number of nitrogens with zero attached hydrogens (tertiary/aromatic N) is 2. The van der Waals surface area contributed by atoms with Gasteiger partial charge in [-0.25, -0.2) is 9.69 Å². The molecule has 1 aromatic carbocycles. The summed E-state index contributed by atoms with van der Waals surface area (Å²) in [6.45, 7) is 14.9. The predicted molar refractivity (Wildman–Crippen MR) is 120 cm³/mol. The molecule has 0 saturated carbocycles. The number of aryl methyl sites for hydroxylation is 1. The Morgan fingerprint density at radius 3 is 2.04 bits per heavy atom. The second-order valence-corrected chi connectivity index (χ2v) is 13.4. The summed E-state index contributed by atoms with van der Waals surface area (Å²) in [4.78, 5) is 26.7. The van der Waals surface area contributed by atoms with E-state index in [1.54, 1.807) is 18.2 Å². The monoisotopic (exact) mass is 404 g/mol. The molecular weight excluding hydrogens is 371 g/mol. The zero-order chi connectivity index (χ0) is 21.6. The van der Waals surface area contributed by atoms with Crippen molar-refractivity contribution in [3.05, 3.63) is 40.8 Å². The molecule has 154 valence electrons. The Bertz CT molecular complexity index is 743. The number of hydrogen-bond acceptors (Lipinski definition) is 3. The molecule has 1 aromatic rings. The number of benzene rings is 1. The first kappa shape index (κ1) is 24.1. The fourth-order valence-corrected chi connectivity index (χ4v) is 9.49. The fourth-order valence-electron chi connectivity index (χ4n) is 4.06. The lowest BCUT2D eigenvalue weighted by molar-refractivity contribution is -0.114. The molecule has 0 unspecified atom stereocenters. The highest BCUT2D eigenvalue weighted by Gasteiger charge is 2.49. The van der Waals surface area contributed by atoms with Crippen LogP contribution in [-0.4, -0.2) is 48.1 Å². The zero-order valence-electron chi connectivity index (χ0n) is 18.3. The minimum atomic E-state index is -1.68. The van der Waals surface area contributed by atoms with Gasteiger partial charge < -0.3 is 10.1 Å². The summed E-state index contributed by atoms with van der Waals surface area (Å²) in [5.41, 5.74) is 2.55. The minimum absolute atomic E-state index is 0.122. The van der Waals surface area contributed by atoms with Crippen LogP contribution in [0.25, 0.3) is 5.41 Å². The number of carbonyl (C=O) groups excluding carboxylic acids is 2. The first-order valence-electron chi connectivity index (χ1n) is 9.64. The molecule has 0 aliphatic carbocycles. The normalized spacial score (nSPS) is 11.5. The van der Waals surface area contributed by atoms with Crippen molar-refractivity contribution in [2.45, 2.75) is 65.4 Å². The van der Waals surface area contributed by atoms with E-state index in [4.69, 9.17) is 4.74 Å². The summed E-state index contributed by atoms with van der Waals surface area (Å²) >= 11 is 0. The molecule has 2 amide bonds. The van der Waals surface area contributed by atoms with Crippen LogP contribution in [-0.2, 0) is 9.53 Å². The Balaban J connectivity index is 3.44. The van der Waals surface area contributed by atoms with Crippen molar-refractivity contribution in [1.82, 2.24) is 0 Å². The number of hydrogen-bond donors (Lipinski definition) is 0. The Morgan fingerprint density at radius 2 is 1.64 bits per heavy atom. The van der Waals surface area contributed by atoms with E-state index in [0.29, 0.717) is 28.8 Å². The lowest BCUT2D eigenvalue weighted by Crippen LogP contribution is -2.40. The molecule has 0 fully saturated rings. The molecule has 0 radical (unpaired) electrons. The second-order valence-electron chi connectivity index (χ2n) is 7.97. The highest BCUT2D eigenvalue weighted by Crippen LogP contribution is 2.70. The van der Waals surface area contributed by atoms with Gasteiger partial charge in [0.2, 0.25) is 0 Å². The number of methoxy groups -OCH3 is 1. The van der Waals surface area contributed by atoms with E-state index < -0.39 is 19.3 Å². The molecule has 5 nitrogen and oxygen atoms in total. The van der Waals surface area contributed by atoms with Gasteiger partial charge >= 0.3 is 6.09 Å². The predicted octanol–water partition coefficient (Wildman–Crippen LogP) is 5.50. The van der Waals surface area contributed by atoms with Crippen LogP contribution < -0.4 is 4.90 Å². The smallest absolute Gasteiger partial charge is 0.421 e. The molecule has 0 bridgehead atoms. The third kappa shape index (κ3) is 4.90. The molecule has 1 rings (SSSR count). The number of imide groups is 1. The van der Waals surface area contributed by atoms with Gasteiger partial charge in [0.05, 0.1) is 41.5 Å². The zero-order valence-corrected chi connectivity index (χ0v) is 19.2. The largest absolute Gasteiger partial charge is 0.763 e. The van der Waals surface area contributed by atoms with E-state index in [0.717, 1.165) is 10.5 Å². The van der Waals surface area contributed by atoms with Crippen molar-refractivity contribution in [1.29, 1.82) is 0 Å². The van der Waals surface area contributed by atoms with E-state index in [2.05, 4.69) is 47.4 Å². The first-order valence-corrected chi connectivity index (χ1v) is 11.8. The Kier molecular flexibility index (Phi) is 8.60. The quantitative estimate of drug-likeness (QED) is 0.342. The van der Waals surface area contributed by atoms with E-state index >= 15 is 0 Å². The maximum Gasteiger partial charge on any atom is 0.421 e. The van der Waals surface area contributed by atoms with Crippen LogP contribution in [0, 0.1) is 6.92 Å². The molecular formula is C22H33N2O3P. The SMILES string of the molecule is COC(=O)N(C(=O)C(=C=[N-])C[P+](C(C)C)(C(C)C)C(C)C)c1cccc(C)c1. The van der Waals surface area contributed by atoms with E-state index in [1.807, 2.05) is 13.0 Å². The van der Waals surface area contributed by atoms with Gasteiger partial charge in [-0.15, -0.1) is 0 Å². The van der Waals surface area contributed by atoms with Gasteiger partial charge in [0, 0.05) is 7.26 Å². The summed E-state index contributed by atoms with van der Waals surface area (Å²) in [7, 11) is -0.443. The minimum Gasteiger partial charge on any atom is -0.763 e. The molecule has 28 heavy (non-hydrogen) atoms. The van der Waals surface area contributed by atoms with Crippen LogP contribution in [0.4, 0.5) is 10.5 Å². The number of anilines is 1. The van der Waals surface area contributed by atoms with Crippen molar-refractivity contribution >= 4 is 30.8 Å². The molecule has 0 aliphatic rings. The number of ether oxygens (including phenoxy) is 1. The summed E-state index contributed by atoms with van der Waals surface area (Å²) in [6.07, 6.45) is -0.361. The molecule has 0 heterocycles. The van der Waals surface area contributed by atoms with Gasteiger partial charge in [-0.3, -0.25) is 10.7 Å². The van der Waals surface area contributed by atoms with Crippen LogP contribution in [0.3, 0.4) is 0 Å². The summed E-state index contributed by atoms with van der Waals surface area (Å²) < 4.78 is 4.85. The number of amides is 2. The Hall–Kier alpha value is -1.96. The number of carbonyl (C=O) groups is 2. The van der Waals surface area contributed by atoms with Gasteiger partial charge in [-0.05, 0) is 66.2 Å². The Morgan fingerprint density at radius 1 is 1.11 bits per heavy atom. The van der Waals surface area contributed by atoms with Gasteiger partial charge in [-0.2, -0.15) is 0 Å². The third-order valence-corrected chi connectivity index (χ3v) is 12.2. The van der Waals surface area contributed by atoms with E-state index in [1.165, 1.54) is 7.11 Å². The van der Waals surface area contributed by atoms with Crippen molar-refractivity contribution < 1.29 is 14.3 Å². The summed E-state index contributed by atoms with van der Waals surface area (Å²) in [5, 5.41) is 9.84. The van der Waals surface area contributed by atoms with Crippen LogP contribution in [0.2, 0.25) is 0 Å². The molecule has 0 N–H and O–H groups in total. The summed E-state index contributed by atoms with van der Waals surface area (Å²) in [5.74, 6) is 1.52. The molecule has 0 saturated heterocycles. The highest BCUT2D eigenvalue weighted by molar-refractivity contribution is 7.78. The fraction of sp³-hybridized carbons (Fsp3) is 0.545. The molecule has 6 heteroatoms.